The molecule has 2 aromatic carbocycles. The van der Waals surface area contributed by atoms with Crippen LogP contribution in [0.4, 0.5) is 5.69 Å². The minimum Gasteiger partial charge on any atom is -0.343 e. The highest BCUT2D eigenvalue weighted by Gasteiger charge is 2.40. The number of nitrogens with one attached hydrogen (secondary N) is 4. The lowest BCUT2D eigenvalue weighted by Crippen LogP contribution is -2.61. The Morgan fingerprint density at radius 3 is 2.16 bits per heavy atom. The Bertz CT molecular complexity index is 1550. The van der Waals surface area contributed by atoms with E-state index >= 15 is 0 Å². The molecule has 2 heterocycles. The van der Waals surface area contributed by atoms with E-state index in [0.717, 1.165) is 12.0 Å². The summed E-state index contributed by atoms with van der Waals surface area (Å²) in [4.78, 5) is 86.7. The van der Waals surface area contributed by atoms with E-state index in [4.69, 9.17) is 0 Å². The molecule has 6 amide bonds. The molecule has 270 valence electrons. The third kappa shape index (κ3) is 9.28. The van der Waals surface area contributed by atoms with Gasteiger partial charge in [-0.25, -0.2) is 0 Å². The molecule has 0 aromatic heterocycles. The van der Waals surface area contributed by atoms with E-state index in [1.807, 2.05) is 58.0 Å². The number of carbonyl (C=O) groups is 6. The molecule has 2 unspecified atom stereocenters. The second-order valence-electron chi connectivity index (χ2n) is 14.0. The molecule has 4 rings (SSSR count). The number of anilines is 1. The van der Waals surface area contributed by atoms with Gasteiger partial charge in [0.05, 0.1) is 11.3 Å². The van der Waals surface area contributed by atoms with Gasteiger partial charge in [0.2, 0.25) is 29.5 Å². The Kier molecular flexibility index (Phi) is 13.1. The van der Waals surface area contributed by atoms with E-state index in [2.05, 4.69) is 21.3 Å². The van der Waals surface area contributed by atoms with E-state index < -0.39 is 59.7 Å². The van der Waals surface area contributed by atoms with Crippen LogP contribution in [0.3, 0.4) is 0 Å². The lowest BCUT2D eigenvalue weighted by molar-refractivity contribution is -0.144. The standard InChI is InChI=1S/C38H52N6O6/c1-7-24(4)32-36(48)41-29(22-26-15-9-8-10-16-26)34(46)39-25(5)33(45)40-28-18-12-11-17-27(28)37(49)44-20-14-13-19-30(44)38(50)43(6)31(21-23(2)3)35(47)42-32/h8-12,15-18,23-25,29-32H,7,13-14,19-22H2,1-6H3,(H,39,46)(H,40,45)(H,41,48)(H,42,47)/t24-,25+,29-,30-,31?,32?/m0/s1. The maximum atomic E-state index is 14.3. The van der Waals surface area contributed by atoms with Gasteiger partial charge < -0.3 is 31.1 Å². The Labute approximate surface area is 295 Å². The normalized spacial score (nSPS) is 25.2. The summed E-state index contributed by atoms with van der Waals surface area (Å²) >= 11 is 0. The van der Waals surface area contributed by atoms with Gasteiger partial charge in [-0.1, -0.05) is 76.6 Å². The number of nitrogens with zero attached hydrogens (tertiary/aromatic N) is 2. The summed E-state index contributed by atoms with van der Waals surface area (Å²) in [5.41, 5.74) is 1.24. The minimum absolute atomic E-state index is 0.0269. The largest absolute Gasteiger partial charge is 0.343 e. The second kappa shape index (κ2) is 17.3. The number of hydrogen-bond donors (Lipinski definition) is 4. The molecule has 0 spiro atoms. The molecule has 2 aliphatic rings. The zero-order valence-electron chi connectivity index (χ0n) is 30.0. The summed E-state index contributed by atoms with van der Waals surface area (Å²) in [5, 5.41) is 11.3. The summed E-state index contributed by atoms with van der Waals surface area (Å²) < 4.78 is 0. The molecule has 50 heavy (non-hydrogen) atoms. The van der Waals surface area contributed by atoms with Crippen LogP contribution in [0.5, 0.6) is 0 Å². The van der Waals surface area contributed by atoms with Crippen LogP contribution >= 0.6 is 0 Å². The molecule has 0 radical (unpaired) electrons. The fourth-order valence-electron chi connectivity index (χ4n) is 6.53. The van der Waals surface area contributed by atoms with Crippen molar-refractivity contribution in [2.24, 2.45) is 11.8 Å². The van der Waals surface area contributed by atoms with Crippen molar-refractivity contribution in [1.29, 1.82) is 0 Å². The Morgan fingerprint density at radius 2 is 1.48 bits per heavy atom. The van der Waals surface area contributed by atoms with Crippen molar-refractivity contribution in [3.05, 3.63) is 65.7 Å². The predicted octanol–water partition coefficient (Wildman–Crippen LogP) is 3.27. The molecular weight excluding hydrogens is 636 g/mol. The van der Waals surface area contributed by atoms with Crippen LogP contribution in [0, 0.1) is 11.8 Å². The number of fused-ring (bicyclic) bond motifs is 2. The van der Waals surface area contributed by atoms with Gasteiger partial charge >= 0.3 is 0 Å². The van der Waals surface area contributed by atoms with Crippen molar-refractivity contribution >= 4 is 41.1 Å². The van der Waals surface area contributed by atoms with E-state index in [-0.39, 0.29) is 35.4 Å². The van der Waals surface area contributed by atoms with Gasteiger partial charge in [-0.15, -0.1) is 0 Å². The SMILES string of the molecule is CC[C@H](C)C1NC(=O)C(CC(C)C)N(C)C(=O)[C@@H]2CCCCN2C(=O)c2ccccc2NC(=O)[C@@H](C)NC(=O)[C@H](Cc2ccccc2)NC1=O. The van der Waals surface area contributed by atoms with Crippen molar-refractivity contribution in [1.82, 2.24) is 25.8 Å². The van der Waals surface area contributed by atoms with Crippen LogP contribution in [0.25, 0.3) is 0 Å². The maximum absolute atomic E-state index is 14.3. The molecule has 0 aliphatic carbocycles. The van der Waals surface area contributed by atoms with Gasteiger partial charge in [-0.05, 0) is 62.1 Å². The quantitative estimate of drug-likeness (QED) is 0.365. The number of piperidine rings is 1. The van der Waals surface area contributed by atoms with Gasteiger partial charge in [0.1, 0.15) is 30.2 Å². The lowest BCUT2D eigenvalue weighted by Gasteiger charge is -2.39. The van der Waals surface area contributed by atoms with Crippen molar-refractivity contribution < 1.29 is 28.8 Å². The molecule has 2 aromatic rings. The molecule has 4 N–H and O–H groups in total. The molecule has 0 bridgehead atoms. The summed E-state index contributed by atoms with van der Waals surface area (Å²) in [6, 6.07) is 10.9. The third-order valence-corrected chi connectivity index (χ3v) is 9.74. The van der Waals surface area contributed by atoms with Gasteiger partial charge in [0.25, 0.3) is 5.91 Å². The summed E-state index contributed by atoms with van der Waals surface area (Å²) in [7, 11) is 1.57. The molecule has 6 atom stereocenters. The first-order valence-corrected chi connectivity index (χ1v) is 17.7. The molecule has 12 nitrogen and oxygen atoms in total. The first-order chi connectivity index (χ1) is 23.8. The highest BCUT2D eigenvalue weighted by atomic mass is 16.2. The number of para-hydroxylation sites is 1. The number of likely N-dealkylation sites (N-methyl/N-ethyl adjacent to an activating group) is 1. The molecule has 2 aliphatic heterocycles. The van der Waals surface area contributed by atoms with Crippen molar-refractivity contribution in [2.75, 3.05) is 18.9 Å². The minimum atomic E-state index is -1.08. The smallest absolute Gasteiger partial charge is 0.256 e. The van der Waals surface area contributed by atoms with Crippen molar-refractivity contribution in [2.45, 2.75) is 103 Å². The summed E-state index contributed by atoms with van der Waals surface area (Å²) in [6.07, 6.45) is 2.86. The highest BCUT2D eigenvalue weighted by molar-refractivity contribution is 6.07. The summed E-state index contributed by atoms with van der Waals surface area (Å²) in [6.45, 7) is 9.50. The van der Waals surface area contributed by atoms with Gasteiger partial charge in [0, 0.05) is 20.0 Å². The summed E-state index contributed by atoms with van der Waals surface area (Å²) in [5.74, 6) is -3.25. The lowest BCUT2D eigenvalue weighted by atomic mass is 9.94. The first-order valence-electron chi connectivity index (χ1n) is 17.7. The predicted molar refractivity (Wildman–Crippen MR) is 191 cm³/mol. The topological polar surface area (TPSA) is 157 Å². The van der Waals surface area contributed by atoms with E-state index in [0.29, 0.717) is 32.2 Å². The molecule has 1 fully saturated rings. The fraction of sp³-hybridized carbons (Fsp3) is 0.526. The Hall–Kier alpha value is -4.74. The van der Waals surface area contributed by atoms with Gasteiger partial charge in [0.15, 0.2) is 0 Å². The number of benzene rings is 2. The molecule has 0 saturated carbocycles. The van der Waals surface area contributed by atoms with Crippen LogP contribution in [0.15, 0.2) is 54.6 Å². The molecular formula is C38H52N6O6. The van der Waals surface area contributed by atoms with E-state index in [1.54, 1.807) is 31.3 Å². The van der Waals surface area contributed by atoms with Crippen molar-refractivity contribution in [3.63, 3.8) is 0 Å². The average Bonchev–Trinajstić information content (AvgIpc) is 3.11. The fourth-order valence-corrected chi connectivity index (χ4v) is 6.53. The van der Waals surface area contributed by atoms with E-state index in [9.17, 15) is 28.8 Å². The van der Waals surface area contributed by atoms with Gasteiger partial charge in [-0.2, -0.15) is 0 Å². The first kappa shape index (κ1) is 38.1. The number of amides is 6. The van der Waals surface area contributed by atoms with Crippen LogP contribution in [-0.4, -0.2) is 89.0 Å². The number of carbonyl (C=O) groups excluding carboxylic acids is 6. The molecule has 12 heteroatoms. The van der Waals surface area contributed by atoms with Gasteiger partial charge in [-0.3, -0.25) is 28.8 Å². The van der Waals surface area contributed by atoms with Crippen LogP contribution in [-0.2, 0) is 30.4 Å². The van der Waals surface area contributed by atoms with Crippen LogP contribution < -0.4 is 21.3 Å². The average molecular weight is 689 g/mol. The monoisotopic (exact) mass is 688 g/mol. The molecule has 1 saturated heterocycles. The van der Waals surface area contributed by atoms with Crippen molar-refractivity contribution in [3.8, 4) is 0 Å². The number of hydrogen-bond acceptors (Lipinski definition) is 6. The third-order valence-electron chi connectivity index (χ3n) is 9.74. The highest BCUT2D eigenvalue weighted by Crippen LogP contribution is 2.26. The Balaban J connectivity index is 1.79. The Morgan fingerprint density at radius 1 is 0.800 bits per heavy atom. The second-order valence-corrected chi connectivity index (χ2v) is 14.0. The number of rotatable bonds is 6. The van der Waals surface area contributed by atoms with Crippen LogP contribution in [0.2, 0.25) is 0 Å². The zero-order valence-corrected chi connectivity index (χ0v) is 30.0. The maximum Gasteiger partial charge on any atom is 0.256 e. The van der Waals surface area contributed by atoms with E-state index in [1.165, 1.54) is 16.7 Å². The van der Waals surface area contributed by atoms with Crippen LogP contribution in [0.1, 0.15) is 82.6 Å². The zero-order chi connectivity index (χ0) is 36.5.